The summed E-state index contributed by atoms with van der Waals surface area (Å²) in [5, 5.41) is 3.11. The number of hydrogen-bond acceptors (Lipinski definition) is 2. The highest BCUT2D eigenvalue weighted by Gasteiger charge is 1.85. The van der Waals surface area contributed by atoms with Gasteiger partial charge in [0.25, 0.3) is 0 Å². The maximum Gasteiger partial charge on any atom is 0.0421 e. The number of anilines is 1. The molecule has 2 nitrogen and oxygen atoms in total. The zero-order chi connectivity index (χ0) is 7.23. The Morgan fingerprint density at radius 3 is 3.00 bits per heavy atom. The van der Waals surface area contributed by atoms with E-state index in [0.717, 1.165) is 12.2 Å². The van der Waals surface area contributed by atoms with Crippen LogP contribution in [0.1, 0.15) is 0 Å². The predicted octanol–water partition coefficient (Wildman–Crippen LogP) is 0.857. The summed E-state index contributed by atoms with van der Waals surface area (Å²) in [6, 6.07) is 10.8. The van der Waals surface area contributed by atoms with Gasteiger partial charge in [-0.1, -0.05) is 18.2 Å². The van der Waals surface area contributed by atoms with Gasteiger partial charge in [0, 0.05) is 24.8 Å². The molecule has 0 fully saturated rings. The van der Waals surface area contributed by atoms with Crippen LogP contribution in [0, 0.1) is 6.07 Å². The van der Waals surface area contributed by atoms with Crippen molar-refractivity contribution in [2.24, 2.45) is 5.73 Å². The van der Waals surface area contributed by atoms with E-state index in [-0.39, 0.29) is 0 Å². The van der Waals surface area contributed by atoms with E-state index in [1.165, 1.54) is 0 Å². The average molecular weight is 135 g/mol. The standard InChI is InChI=1S/C8H11N2/c9-6-7-10-8-4-2-1-3-5-8/h1-4,10H,6-7,9H2. The molecule has 0 amide bonds. The summed E-state index contributed by atoms with van der Waals surface area (Å²) in [4.78, 5) is 0. The van der Waals surface area contributed by atoms with Gasteiger partial charge in [-0.3, -0.25) is 0 Å². The predicted molar refractivity (Wildman–Crippen MR) is 42.8 cm³/mol. The Morgan fingerprint density at radius 1 is 1.50 bits per heavy atom. The molecule has 0 heterocycles. The summed E-state index contributed by atoms with van der Waals surface area (Å²) in [6.07, 6.45) is 0. The molecule has 53 valence electrons. The van der Waals surface area contributed by atoms with E-state index in [4.69, 9.17) is 5.73 Å². The third-order valence-corrected chi connectivity index (χ3v) is 1.17. The van der Waals surface area contributed by atoms with Gasteiger partial charge in [-0.25, -0.2) is 0 Å². The molecule has 1 aromatic rings. The maximum absolute atomic E-state index is 5.30. The molecular formula is C8H11N2. The number of nitrogens with one attached hydrogen (secondary N) is 1. The molecule has 1 aromatic carbocycles. The molecule has 0 atom stereocenters. The monoisotopic (exact) mass is 135 g/mol. The maximum atomic E-state index is 5.30. The Balaban J connectivity index is 2.43. The number of hydrogen-bond donors (Lipinski definition) is 2. The van der Waals surface area contributed by atoms with Crippen LogP contribution in [0.4, 0.5) is 5.69 Å². The highest BCUT2D eigenvalue weighted by molar-refractivity contribution is 5.40. The molecule has 3 N–H and O–H groups in total. The second-order valence-electron chi connectivity index (χ2n) is 1.99. The van der Waals surface area contributed by atoms with Crippen molar-refractivity contribution in [3.8, 4) is 0 Å². The summed E-state index contributed by atoms with van der Waals surface area (Å²) < 4.78 is 0. The quantitative estimate of drug-likeness (QED) is 0.645. The van der Waals surface area contributed by atoms with Gasteiger partial charge in [0.15, 0.2) is 0 Å². The van der Waals surface area contributed by atoms with Crippen LogP contribution in [0.15, 0.2) is 24.3 Å². The second-order valence-corrected chi connectivity index (χ2v) is 1.99. The Kier molecular flexibility index (Phi) is 2.77. The van der Waals surface area contributed by atoms with Gasteiger partial charge in [0.1, 0.15) is 0 Å². The first-order valence-electron chi connectivity index (χ1n) is 3.34. The van der Waals surface area contributed by atoms with Crippen LogP contribution < -0.4 is 11.1 Å². The molecule has 0 aliphatic carbocycles. The largest absolute Gasteiger partial charge is 0.383 e. The third kappa shape index (κ3) is 2.07. The fourth-order valence-electron chi connectivity index (χ4n) is 0.710. The van der Waals surface area contributed by atoms with Crippen LogP contribution in [-0.2, 0) is 0 Å². The molecule has 0 bridgehead atoms. The van der Waals surface area contributed by atoms with E-state index >= 15 is 0 Å². The van der Waals surface area contributed by atoms with E-state index in [1.807, 2.05) is 24.3 Å². The van der Waals surface area contributed by atoms with E-state index in [0.29, 0.717) is 6.54 Å². The SMILES string of the molecule is NCCNc1[c]cccc1. The van der Waals surface area contributed by atoms with Crippen molar-refractivity contribution >= 4 is 5.69 Å². The minimum absolute atomic E-state index is 0.655. The van der Waals surface area contributed by atoms with E-state index in [9.17, 15) is 0 Å². The number of nitrogens with two attached hydrogens (primary N) is 1. The molecular weight excluding hydrogens is 124 g/mol. The van der Waals surface area contributed by atoms with Crippen molar-refractivity contribution < 1.29 is 0 Å². The molecule has 0 aliphatic rings. The molecule has 1 radical (unpaired) electrons. The van der Waals surface area contributed by atoms with Crippen LogP contribution >= 0.6 is 0 Å². The smallest absolute Gasteiger partial charge is 0.0421 e. The topological polar surface area (TPSA) is 38.0 Å². The first-order chi connectivity index (χ1) is 4.93. The van der Waals surface area contributed by atoms with Crippen molar-refractivity contribution in [1.29, 1.82) is 0 Å². The molecule has 0 saturated heterocycles. The molecule has 10 heavy (non-hydrogen) atoms. The molecule has 0 saturated carbocycles. The summed E-state index contributed by atoms with van der Waals surface area (Å²) in [5.41, 5.74) is 6.31. The second kappa shape index (κ2) is 3.90. The molecule has 2 heteroatoms. The minimum Gasteiger partial charge on any atom is -0.383 e. The zero-order valence-corrected chi connectivity index (χ0v) is 5.80. The first kappa shape index (κ1) is 7.09. The first-order valence-corrected chi connectivity index (χ1v) is 3.34. The summed E-state index contributed by atoms with van der Waals surface area (Å²) >= 11 is 0. The molecule has 0 unspecified atom stereocenters. The Morgan fingerprint density at radius 2 is 2.40 bits per heavy atom. The lowest BCUT2D eigenvalue weighted by Gasteiger charge is -2.01. The van der Waals surface area contributed by atoms with Crippen molar-refractivity contribution in [3.63, 3.8) is 0 Å². The summed E-state index contributed by atoms with van der Waals surface area (Å²) in [7, 11) is 0. The van der Waals surface area contributed by atoms with E-state index < -0.39 is 0 Å². The van der Waals surface area contributed by atoms with Gasteiger partial charge in [-0.05, 0) is 6.07 Å². The van der Waals surface area contributed by atoms with Crippen LogP contribution in [0.2, 0.25) is 0 Å². The van der Waals surface area contributed by atoms with Crippen molar-refractivity contribution in [1.82, 2.24) is 0 Å². The zero-order valence-electron chi connectivity index (χ0n) is 5.80. The van der Waals surface area contributed by atoms with Gasteiger partial charge < -0.3 is 11.1 Å². The van der Waals surface area contributed by atoms with Gasteiger partial charge in [0.2, 0.25) is 0 Å². The Labute approximate surface area is 61.1 Å². The van der Waals surface area contributed by atoms with Crippen molar-refractivity contribution in [2.45, 2.75) is 0 Å². The Hall–Kier alpha value is -1.02. The number of rotatable bonds is 3. The van der Waals surface area contributed by atoms with Gasteiger partial charge >= 0.3 is 0 Å². The fraction of sp³-hybridized carbons (Fsp3) is 0.250. The Bertz CT molecular complexity index is 172. The lowest BCUT2D eigenvalue weighted by atomic mass is 10.3. The van der Waals surface area contributed by atoms with Gasteiger partial charge in [0.05, 0.1) is 0 Å². The van der Waals surface area contributed by atoms with Crippen LogP contribution in [0.5, 0.6) is 0 Å². The van der Waals surface area contributed by atoms with Gasteiger partial charge in [-0.2, -0.15) is 0 Å². The number of benzene rings is 1. The lowest BCUT2D eigenvalue weighted by molar-refractivity contribution is 1.02. The van der Waals surface area contributed by atoms with Gasteiger partial charge in [-0.15, -0.1) is 0 Å². The van der Waals surface area contributed by atoms with Crippen LogP contribution in [0.3, 0.4) is 0 Å². The molecule has 0 aliphatic heterocycles. The minimum atomic E-state index is 0.655. The van der Waals surface area contributed by atoms with Crippen molar-refractivity contribution in [3.05, 3.63) is 30.3 Å². The van der Waals surface area contributed by atoms with Crippen molar-refractivity contribution in [2.75, 3.05) is 18.4 Å². The summed E-state index contributed by atoms with van der Waals surface area (Å²) in [5.74, 6) is 0. The van der Waals surface area contributed by atoms with E-state index in [2.05, 4.69) is 11.4 Å². The normalized spacial score (nSPS) is 9.30. The average Bonchev–Trinajstić information content (AvgIpc) is 2.03. The summed E-state index contributed by atoms with van der Waals surface area (Å²) in [6.45, 7) is 1.46. The van der Waals surface area contributed by atoms with Crippen LogP contribution in [0.25, 0.3) is 0 Å². The third-order valence-electron chi connectivity index (χ3n) is 1.17. The highest BCUT2D eigenvalue weighted by Crippen LogP contribution is 2.01. The molecule has 0 spiro atoms. The number of para-hydroxylation sites is 1. The van der Waals surface area contributed by atoms with E-state index in [1.54, 1.807) is 0 Å². The molecule has 1 rings (SSSR count). The van der Waals surface area contributed by atoms with Crippen LogP contribution in [-0.4, -0.2) is 13.1 Å². The lowest BCUT2D eigenvalue weighted by Crippen LogP contribution is -2.12. The fourth-order valence-corrected chi connectivity index (χ4v) is 0.710. The highest BCUT2D eigenvalue weighted by atomic mass is 14.9. The molecule has 0 aromatic heterocycles.